The molecule has 3 rings (SSSR count). The van der Waals surface area contributed by atoms with E-state index < -0.39 is 0 Å². The van der Waals surface area contributed by atoms with E-state index in [1.165, 1.54) is 35.2 Å². The van der Waals surface area contributed by atoms with E-state index in [1.807, 2.05) is 0 Å². The third-order valence-electron chi connectivity index (χ3n) is 4.24. The van der Waals surface area contributed by atoms with E-state index in [0.29, 0.717) is 6.54 Å². The Morgan fingerprint density at radius 3 is 2.67 bits per heavy atom. The summed E-state index contributed by atoms with van der Waals surface area (Å²) in [4.78, 5) is 2.47. The average Bonchev–Trinajstić information content (AvgIpc) is 2.49. The summed E-state index contributed by atoms with van der Waals surface area (Å²) in [5, 5.41) is 0. The molecule has 1 aliphatic rings. The molecule has 0 bridgehead atoms. The number of halogens is 1. The van der Waals surface area contributed by atoms with Crippen LogP contribution in [0.15, 0.2) is 46.9 Å². The van der Waals surface area contributed by atoms with Crippen LogP contribution in [0.25, 0.3) is 0 Å². The van der Waals surface area contributed by atoms with Crippen LogP contribution in [-0.2, 0) is 6.42 Å². The van der Waals surface area contributed by atoms with Gasteiger partial charge in [0.2, 0.25) is 0 Å². The summed E-state index contributed by atoms with van der Waals surface area (Å²) in [6, 6.07) is 15.6. The second-order valence-corrected chi connectivity index (χ2v) is 6.65. The first-order chi connectivity index (χ1) is 10.2. The third-order valence-corrected chi connectivity index (χ3v) is 4.77. The first kappa shape index (κ1) is 14.6. The minimum absolute atomic E-state index is 0.250. The molecule has 1 heterocycles. The van der Waals surface area contributed by atoms with Crippen LogP contribution in [0.1, 0.15) is 29.2 Å². The second kappa shape index (κ2) is 6.20. The molecule has 3 heteroatoms. The number of rotatable bonds is 3. The molecule has 2 nitrogen and oxygen atoms in total. The number of aryl methyl sites for hydroxylation is 2. The smallest absolute Gasteiger partial charge is 0.0664 e. The summed E-state index contributed by atoms with van der Waals surface area (Å²) in [5.41, 5.74) is 11.5. The van der Waals surface area contributed by atoms with Crippen LogP contribution in [0, 0.1) is 6.92 Å². The largest absolute Gasteiger partial charge is 0.363 e. The van der Waals surface area contributed by atoms with Crippen LogP contribution in [-0.4, -0.2) is 13.1 Å². The molecule has 1 aliphatic heterocycles. The molecule has 0 aromatic heterocycles. The van der Waals surface area contributed by atoms with Gasteiger partial charge in [0.25, 0.3) is 0 Å². The molecule has 0 fully saturated rings. The van der Waals surface area contributed by atoms with Crippen molar-refractivity contribution in [2.75, 3.05) is 18.0 Å². The highest BCUT2D eigenvalue weighted by atomic mass is 79.9. The number of anilines is 1. The number of hydrogen-bond acceptors (Lipinski definition) is 2. The number of nitrogens with zero attached hydrogens (tertiary/aromatic N) is 1. The van der Waals surface area contributed by atoms with Gasteiger partial charge in [-0.1, -0.05) is 45.8 Å². The van der Waals surface area contributed by atoms with Crippen molar-refractivity contribution in [3.8, 4) is 0 Å². The maximum absolute atomic E-state index is 6.11. The topological polar surface area (TPSA) is 29.3 Å². The zero-order chi connectivity index (χ0) is 14.8. The summed E-state index contributed by atoms with van der Waals surface area (Å²) in [6.07, 6.45) is 2.37. The van der Waals surface area contributed by atoms with Gasteiger partial charge in [0.1, 0.15) is 0 Å². The summed E-state index contributed by atoms with van der Waals surface area (Å²) >= 11 is 3.50. The summed E-state index contributed by atoms with van der Waals surface area (Å²) < 4.78 is 1.11. The quantitative estimate of drug-likeness (QED) is 0.903. The van der Waals surface area contributed by atoms with E-state index in [1.54, 1.807) is 0 Å². The Bertz CT molecular complexity index is 622. The Kier molecular flexibility index (Phi) is 4.32. The fourth-order valence-electron chi connectivity index (χ4n) is 3.21. The van der Waals surface area contributed by atoms with Gasteiger partial charge in [0.05, 0.1) is 6.04 Å². The second-order valence-electron chi connectivity index (χ2n) is 5.73. The van der Waals surface area contributed by atoms with Crippen LogP contribution in [0.2, 0.25) is 0 Å². The zero-order valence-corrected chi connectivity index (χ0v) is 13.9. The van der Waals surface area contributed by atoms with Crippen molar-refractivity contribution in [3.63, 3.8) is 0 Å². The Balaban J connectivity index is 1.97. The number of fused-ring (bicyclic) bond motifs is 1. The van der Waals surface area contributed by atoms with Crippen molar-refractivity contribution in [3.05, 3.63) is 63.6 Å². The van der Waals surface area contributed by atoms with Crippen molar-refractivity contribution in [2.45, 2.75) is 25.8 Å². The van der Waals surface area contributed by atoms with Crippen LogP contribution in [0.4, 0.5) is 5.69 Å². The number of benzene rings is 2. The van der Waals surface area contributed by atoms with Crippen LogP contribution >= 0.6 is 15.9 Å². The van der Waals surface area contributed by atoms with Gasteiger partial charge < -0.3 is 10.6 Å². The Morgan fingerprint density at radius 1 is 1.19 bits per heavy atom. The van der Waals surface area contributed by atoms with Gasteiger partial charge in [-0.15, -0.1) is 0 Å². The molecule has 0 amide bonds. The first-order valence-electron chi connectivity index (χ1n) is 7.51. The molecule has 2 N–H and O–H groups in total. The average molecular weight is 345 g/mol. The predicted octanol–water partition coefficient (Wildman–Crippen LogP) is 4.21. The van der Waals surface area contributed by atoms with E-state index >= 15 is 0 Å². The zero-order valence-electron chi connectivity index (χ0n) is 12.3. The highest BCUT2D eigenvalue weighted by Gasteiger charge is 2.24. The molecule has 0 saturated carbocycles. The molecular formula is C18H21BrN2. The minimum Gasteiger partial charge on any atom is -0.363 e. The van der Waals surface area contributed by atoms with E-state index in [9.17, 15) is 0 Å². The molecule has 110 valence electrons. The van der Waals surface area contributed by atoms with E-state index in [2.05, 4.69) is 70.2 Å². The molecular weight excluding hydrogens is 324 g/mol. The lowest BCUT2D eigenvalue weighted by atomic mass is 9.96. The van der Waals surface area contributed by atoms with E-state index in [4.69, 9.17) is 5.73 Å². The maximum atomic E-state index is 6.11. The Morgan fingerprint density at radius 2 is 1.95 bits per heavy atom. The normalized spacial score (nSPS) is 15.7. The van der Waals surface area contributed by atoms with Gasteiger partial charge in [-0.05, 0) is 49.1 Å². The fraction of sp³-hybridized carbons (Fsp3) is 0.333. The maximum Gasteiger partial charge on any atom is 0.0664 e. The first-order valence-corrected chi connectivity index (χ1v) is 8.30. The highest BCUT2D eigenvalue weighted by Crippen LogP contribution is 2.34. The van der Waals surface area contributed by atoms with Crippen molar-refractivity contribution in [1.82, 2.24) is 0 Å². The summed E-state index contributed by atoms with van der Waals surface area (Å²) in [6.45, 7) is 3.87. The van der Waals surface area contributed by atoms with Crippen molar-refractivity contribution < 1.29 is 0 Å². The van der Waals surface area contributed by atoms with Gasteiger partial charge in [-0.2, -0.15) is 0 Å². The molecule has 0 saturated heterocycles. The molecule has 0 aliphatic carbocycles. The molecule has 0 radical (unpaired) electrons. The predicted molar refractivity (Wildman–Crippen MR) is 92.8 cm³/mol. The monoisotopic (exact) mass is 344 g/mol. The standard InChI is InChI=1S/C18H21BrN2/c1-13-4-9-17-15(11-13)3-2-10-21(17)18(12-20)14-5-7-16(19)8-6-14/h4-9,11,18H,2-3,10,12,20H2,1H3. The van der Waals surface area contributed by atoms with Gasteiger partial charge >= 0.3 is 0 Å². The summed E-state index contributed by atoms with van der Waals surface area (Å²) in [5.74, 6) is 0. The lowest BCUT2D eigenvalue weighted by molar-refractivity contribution is 0.587. The van der Waals surface area contributed by atoms with Crippen LogP contribution in [0.5, 0.6) is 0 Å². The van der Waals surface area contributed by atoms with Gasteiger partial charge in [0, 0.05) is 23.2 Å². The van der Waals surface area contributed by atoms with Crippen molar-refractivity contribution in [1.29, 1.82) is 0 Å². The molecule has 2 aromatic carbocycles. The molecule has 2 aromatic rings. The van der Waals surface area contributed by atoms with Crippen molar-refractivity contribution >= 4 is 21.6 Å². The van der Waals surface area contributed by atoms with Crippen LogP contribution in [0.3, 0.4) is 0 Å². The highest BCUT2D eigenvalue weighted by molar-refractivity contribution is 9.10. The van der Waals surface area contributed by atoms with Crippen molar-refractivity contribution in [2.24, 2.45) is 5.73 Å². The van der Waals surface area contributed by atoms with Gasteiger partial charge in [-0.25, -0.2) is 0 Å². The third kappa shape index (κ3) is 2.99. The molecule has 1 atom stereocenters. The fourth-order valence-corrected chi connectivity index (χ4v) is 3.47. The lowest BCUT2D eigenvalue weighted by Crippen LogP contribution is -2.37. The summed E-state index contributed by atoms with van der Waals surface area (Å²) in [7, 11) is 0. The number of hydrogen-bond donors (Lipinski definition) is 1. The number of nitrogens with two attached hydrogens (primary N) is 1. The van der Waals surface area contributed by atoms with Gasteiger partial charge in [0.15, 0.2) is 0 Å². The minimum atomic E-state index is 0.250. The van der Waals surface area contributed by atoms with Gasteiger partial charge in [-0.3, -0.25) is 0 Å². The Labute approximate surface area is 135 Å². The Hall–Kier alpha value is -1.32. The lowest BCUT2D eigenvalue weighted by Gasteiger charge is -2.38. The van der Waals surface area contributed by atoms with E-state index in [-0.39, 0.29) is 6.04 Å². The van der Waals surface area contributed by atoms with Crippen LogP contribution < -0.4 is 10.6 Å². The molecule has 21 heavy (non-hydrogen) atoms. The SMILES string of the molecule is Cc1ccc2c(c1)CCCN2C(CN)c1ccc(Br)cc1. The van der Waals surface area contributed by atoms with E-state index in [0.717, 1.165) is 11.0 Å². The molecule has 0 spiro atoms. The molecule has 1 unspecified atom stereocenters.